The molecule has 0 aliphatic carbocycles. The van der Waals surface area contributed by atoms with E-state index in [-0.39, 0.29) is 64.4 Å². The molecule has 54 heavy (non-hydrogen) atoms. The van der Waals surface area contributed by atoms with E-state index in [1.54, 1.807) is 36.4 Å². The molecule has 0 aromatic heterocycles. The zero-order chi connectivity index (χ0) is 37.4. The van der Waals surface area contributed by atoms with Crippen molar-refractivity contribution in [2.24, 2.45) is 0 Å². The maximum absolute atomic E-state index is 13.8. The number of hydrogen-bond donors (Lipinski definition) is 2. The van der Waals surface area contributed by atoms with Crippen LogP contribution in [0.3, 0.4) is 0 Å². The summed E-state index contributed by atoms with van der Waals surface area (Å²) < 4.78 is 63.9. The lowest BCUT2D eigenvalue weighted by atomic mass is 9.77. The van der Waals surface area contributed by atoms with E-state index >= 15 is 0 Å². The highest BCUT2D eigenvalue weighted by Crippen LogP contribution is 2.49. The molecule has 0 unspecified atom stereocenters. The minimum atomic E-state index is -1.51. The Morgan fingerprint density at radius 1 is 0.426 bits per heavy atom. The van der Waals surface area contributed by atoms with Gasteiger partial charge < -0.3 is 62.3 Å². The summed E-state index contributed by atoms with van der Waals surface area (Å²) in [6.45, 7) is 6.01. The van der Waals surface area contributed by atoms with Gasteiger partial charge in [-0.1, -0.05) is 18.2 Å². The molecular formula is C40H50O14. The third-order valence-corrected chi connectivity index (χ3v) is 9.13. The Balaban J connectivity index is 1.41. The topological polar surface area (TPSA) is 159 Å². The second-order valence-electron chi connectivity index (χ2n) is 12.8. The molecule has 4 bridgehead atoms. The number of benzene rings is 3. The van der Waals surface area contributed by atoms with Crippen LogP contribution in [0.1, 0.15) is 49.3 Å². The van der Waals surface area contributed by atoms with Gasteiger partial charge in [-0.2, -0.15) is 0 Å². The van der Waals surface area contributed by atoms with Gasteiger partial charge in [-0.3, -0.25) is 0 Å². The fourth-order valence-corrected chi connectivity index (χ4v) is 6.46. The lowest BCUT2D eigenvalue weighted by Gasteiger charge is -2.32. The van der Waals surface area contributed by atoms with Crippen LogP contribution in [-0.4, -0.2) is 122 Å². The highest BCUT2D eigenvalue weighted by atomic mass is 16.6. The van der Waals surface area contributed by atoms with Crippen LogP contribution < -0.4 is 0 Å². The molecule has 0 saturated carbocycles. The molecule has 3 aromatic rings. The van der Waals surface area contributed by atoms with Crippen molar-refractivity contribution in [3.8, 4) is 11.5 Å². The molecule has 0 radical (unpaired) electrons. The van der Waals surface area contributed by atoms with Crippen molar-refractivity contribution >= 4 is 5.97 Å². The Morgan fingerprint density at radius 3 is 1.06 bits per heavy atom. The third-order valence-electron chi connectivity index (χ3n) is 9.13. The molecule has 0 saturated heterocycles. The molecule has 3 aliphatic rings. The molecule has 0 atom stereocenters. The summed E-state index contributed by atoms with van der Waals surface area (Å²) >= 11 is 0. The number of hydrogen-bond acceptors (Lipinski definition) is 14. The summed E-state index contributed by atoms with van der Waals surface area (Å²) in [5.74, 6) is -0.503. The van der Waals surface area contributed by atoms with E-state index in [1.165, 1.54) is 0 Å². The summed E-state index contributed by atoms with van der Waals surface area (Å²) in [5, 5.41) is 23.1. The smallest absolute Gasteiger partial charge is 0.340 e. The fourth-order valence-electron chi connectivity index (χ4n) is 6.46. The Kier molecular flexibility index (Phi) is 15.5. The van der Waals surface area contributed by atoms with E-state index in [2.05, 4.69) is 0 Å². The highest BCUT2D eigenvalue weighted by molar-refractivity contribution is 5.96. The summed E-state index contributed by atoms with van der Waals surface area (Å²) in [7, 11) is 0. The number of ether oxygens (including phenoxy) is 11. The molecule has 0 spiro atoms. The van der Waals surface area contributed by atoms with Crippen LogP contribution in [0.15, 0.2) is 48.5 Å². The predicted octanol–water partition coefficient (Wildman–Crippen LogP) is 3.75. The molecule has 3 heterocycles. The number of cyclic esters (lactones) is 1. The monoisotopic (exact) mass is 754 g/mol. The van der Waals surface area contributed by atoms with Crippen molar-refractivity contribution in [2.45, 2.75) is 32.0 Å². The Labute approximate surface area is 315 Å². The van der Waals surface area contributed by atoms with Crippen LogP contribution in [0.25, 0.3) is 0 Å². The highest BCUT2D eigenvalue weighted by Gasteiger charge is 2.49. The van der Waals surface area contributed by atoms with Crippen LogP contribution >= 0.6 is 0 Å². The second-order valence-corrected chi connectivity index (χ2v) is 12.8. The van der Waals surface area contributed by atoms with E-state index in [0.717, 1.165) is 0 Å². The van der Waals surface area contributed by atoms with Gasteiger partial charge in [-0.05, 0) is 30.3 Å². The molecule has 14 heteroatoms. The van der Waals surface area contributed by atoms with Crippen LogP contribution in [0.2, 0.25) is 0 Å². The Hall–Kier alpha value is -3.67. The van der Waals surface area contributed by atoms with Crippen molar-refractivity contribution < 1.29 is 67.1 Å². The standard InChI is InChI=1S/C40H50O14/c41-37-29-21-33(22-30(37)26-51-18-14-47-10-6-44-5-9-46-13-17-50-25-29)40(36-4-2-1-3-35(36)39(43)54-40)34-23-31-27-52-19-15-48-11-7-45-8-12-49-16-20-53-28-32(24-34)38(31)42/h1-4,21-24,41-42H,5-20,25-28H2. The van der Waals surface area contributed by atoms with Crippen molar-refractivity contribution in [3.63, 3.8) is 0 Å². The van der Waals surface area contributed by atoms with Gasteiger partial charge in [-0.15, -0.1) is 0 Å². The molecule has 0 amide bonds. The second kappa shape index (κ2) is 20.9. The summed E-state index contributed by atoms with van der Waals surface area (Å²) in [6, 6.07) is 14.3. The molecule has 6 rings (SSSR count). The largest absolute Gasteiger partial charge is 0.507 e. The summed E-state index contributed by atoms with van der Waals surface area (Å²) in [6.07, 6.45) is 0. The van der Waals surface area contributed by atoms with Crippen molar-refractivity contribution in [1.82, 2.24) is 0 Å². The molecule has 294 valence electrons. The summed E-state index contributed by atoms with van der Waals surface area (Å²) in [4.78, 5) is 13.8. The van der Waals surface area contributed by atoms with Crippen LogP contribution in [0.4, 0.5) is 0 Å². The Morgan fingerprint density at radius 2 is 0.722 bits per heavy atom. The van der Waals surface area contributed by atoms with Gasteiger partial charge in [-0.25, -0.2) is 4.79 Å². The Bertz CT molecular complexity index is 1480. The number of aromatic hydroxyl groups is 2. The molecule has 3 aromatic carbocycles. The number of esters is 1. The first-order valence-electron chi connectivity index (χ1n) is 18.4. The maximum Gasteiger partial charge on any atom is 0.340 e. The van der Waals surface area contributed by atoms with Crippen molar-refractivity contribution in [2.75, 3.05) is 106 Å². The normalized spacial score (nSPS) is 20.7. The number of carbonyl (C=O) groups is 1. The average Bonchev–Trinajstić information content (AvgIpc) is 3.48. The third kappa shape index (κ3) is 10.3. The minimum Gasteiger partial charge on any atom is -0.507 e. The van der Waals surface area contributed by atoms with Crippen LogP contribution in [0.5, 0.6) is 11.5 Å². The van der Waals surface area contributed by atoms with Gasteiger partial charge in [0.15, 0.2) is 5.60 Å². The maximum atomic E-state index is 13.8. The SMILES string of the molecule is O=C1OC(c2cc3c(O)c(c2)COCCOCCOCCOCCOC3)(c2cc3c(O)c(c2)COCCOCCOCCOCCOC3)c2ccccc21. The molecule has 0 fully saturated rings. The van der Waals surface area contributed by atoms with Gasteiger partial charge in [0.2, 0.25) is 0 Å². The number of phenols is 2. The van der Waals surface area contributed by atoms with Gasteiger partial charge in [0, 0.05) is 38.9 Å². The molecule has 2 N–H and O–H groups in total. The molecule has 14 nitrogen and oxygen atoms in total. The minimum absolute atomic E-state index is 0.00686. The predicted molar refractivity (Wildman–Crippen MR) is 191 cm³/mol. The van der Waals surface area contributed by atoms with Gasteiger partial charge in [0.05, 0.1) is 138 Å². The average molecular weight is 755 g/mol. The van der Waals surface area contributed by atoms with E-state index in [9.17, 15) is 15.0 Å². The van der Waals surface area contributed by atoms with Crippen LogP contribution in [-0.2, 0) is 84.1 Å². The van der Waals surface area contributed by atoms with E-state index in [0.29, 0.717) is 124 Å². The molecule has 3 aliphatic heterocycles. The van der Waals surface area contributed by atoms with Gasteiger partial charge >= 0.3 is 5.97 Å². The van der Waals surface area contributed by atoms with E-state index in [4.69, 9.17) is 52.1 Å². The zero-order valence-electron chi connectivity index (χ0n) is 30.6. The summed E-state index contributed by atoms with van der Waals surface area (Å²) in [5.41, 5.74) is 2.47. The number of fused-ring (bicyclic) bond motifs is 5. The first kappa shape index (κ1) is 40.0. The lowest BCUT2D eigenvalue weighted by molar-refractivity contribution is -0.0149. The number of carbonyl (C=O) groups excluding carboxylic acids is 1. The first-order valence-corrected chi connectivity index (χ1v) is 18.4. The quantitative estimate of drug-likeness (QED) is 0.365. The van der Waals surface area contributed by atoms with E-state index in [1.807, 2.05) is 12.1 Å². The van der Waals surface area contributed by atoms with Gasteiger partial charge in [0.25, 0.3) is 0 Å². The number of rotatable bonds is 2. The zero-order valence-corrected chi connectivity index (χ0v) is 30.6. The first-order chi connectivity index (χ1) is 26.6. The van der Waals surface area contributed by atoms with Gasteiger partial charge in [0.1, 0.15) is 11.5 Å². The van der Waals surface area contributed by atoms with E-state index < -0.39 is 11.6 Å². The van der Waals surface area contributed by atoms with Crippen LogP contribution in [0, 0.1) is 0 Å². The number of phenolic OH excluding ortho intramolecular Hbond substituents is 2. The van der Waals surface area contributed by atoms with Crippen molar-refractivity contribution in [3.05, 3.63) is 93.0 Å². The molecular weight excluding hydrogens is 704 g/mol. The van der Waals surface area contributed by atoms with Crippen molar-refractivity contribution in [1.29, 1.82) is 0 Å². The fraction of sp³-hybridized carbons (Fsp3) is 0.525. The lowest BCUT2D eigenvalue weighted by Crippen LogP contribution is -2.30.